The van der Waals surface area contributed by atoms with Gasteiger partial charge in [0.2, 0.25) is 11.8 Å². The van der Waals surface area contributed by atoms with Crippen LogP contribution in [0.4, 0.5) is 0 Å². The Bertz CT molecular complexity index is 511. The van der Waals surface area contributed by atoms with Crippen molar-refractivity contribution in [2.24, 2.45) is 16.9 Å². The summed E-state index contributed by atoms with van der Waals surface area (Å²) in [4.78, 5) is 38.4. The quantitative estimate of drug-likeness (QED) is 0.612. The Morgan fingerprint density at radius 2 is 1.96 bits per heavy atom. The van der Waals surface area contributed by atoms with Gasteiger partial charge < -0.3 is 26.4 Å². The SMILES string of the molecule is CC(C)(C)[C@H](NC(=O)C1CC(N)CN1C(=O)[C@H]1CCCO1)C(N)=O. The first kappa shape index (κ1) is 18.7. The highest BCUT2D eigenvalue weighted by atomic mass is 16.5. The number of nitrogens with zero attached hydrogens (tertiary/aromatic N) is 1. The van der Waals surface area contributed by atoms with Crippen molar-refractivity contribution >= 4 is 17.7 Å². The summed E-state index contributed by atoms with van der Waals surface area (Å²) in [7, 11) is 0. The van der Waals surface area contributed by atoms with Crippen LogP contribution in [-0.2, 0) is 19.1 Å². The summed E-state index contributed by atoms with van der Waals surface area (Å²) < 4.78 is 5.43. The van der Waals surface area contributed by atoms with E-state index in [1.165, 1.54) is 4.90 Å². The molecular weight excluding hydrogens is 312 g/mol. The number of hydrogen-bond acceptors (Lipinski definition) is 5. The van der Waals surface area contributed by atoms with Crippen molar-refractivity contribution in [1.82, 2.24) is 10.2 Å². The number of ether oxygens (including phenoxy) is 1. The Morgan fingerprint density at radius 1 is 1.29 bits per heavy atom. The molecule has 136 valence electrons. The molecule has 0 aromatic carbocycles. The van der Waals surface area contributed by atoms with Crippen molar-refractivity contribution in [1.29, 1.82) is 0 Å². The van der Waals surface area contributed by atoms with Crippen LogP contribution in [0.15, 0.2) is 0 Å². The van der Waals surface area contributed by atoms with Gasteiger partial charge in [-0.1, -0.05) is 20.8 Å². The summed E-state index contributed by atoms with van der Waals surface area (Å²) in [6.45, 7) is 6.32. The average Bonchev–Trinajstić information content (AvgIpc) is 3.11. The number of rotatable bonds is 4. The highest BCUT2D eigenvalue weighted by Gasteiger charge is 2.43. The van der Waals surface area contributed by atoms with Crippen LogP contribution in [0.25, 0.3) is 0 Å². The zero-order valence-corrected chi connectivity index (χ0v) is 14.6. The average molecular weight is 340 g/mol. The third kappa shape index (κ3) is 4.05. The Kier molecular flexibility index (Phi) is 5.49. The van der Waals surface area contributed by atoms with E-state index in [1.54, 1.807) is 0 Å². The van der Waals surface area contributed by atoms with Gasteiger partial charge in [-0.25, -0.2) is 0 Å². The molecule has 3 amide bonds. The number of nitrogens with one attached hydrogen (secondary N) is 1. The summed E-state index contributed by atoms with van der Waals surface area (Å²) in [6, 6.07) is -1.78. The van der Waals surface area contributed by atoms with Crippen molar-refractivity contribution in [2.75, 3.05) is 13.2 Å². The molecule has 8 heteroatoms. The first-order valence-corrected chi connectivity index (χ1v) is 8.38. The zero-order valence-electron chi connectivity index (χ0n) is 14.6. The Hall–Kier alpha value is -1.67. The lowest BCUT2D eigenvalue weighted by Gasteiger charge is -2.32. The number of primary amides is 1. The van der Waals surface area contributed by atoms with E-state index in [0.717, 1.165) is 6.42 Å². The summed E-state index contributed by atoms with van der Waals surface area (Å²) in [6.07, 6.45) is 1.35. The molecule has 2 heterocycles. The molecule has 0 bridgehead atoms. The maximum atomic E-state index is 12.7. The molecule has 5 N–H and O–H groups in total. The first-order chi connectivity index (χ1) is 11.1. The van der Waals surface area contributed by atoms with Crippen LogP contribution < -0.4 is 16.8 Å². The van der Waals surface area contributed by atoms with E-state index in [1.807, 2.05) is 20.8 Å². The fourth-order valence-electron chi connectivity index (χ4n) is 3.27. The second-order valence-electron chi connectivity index (χ2n) is 7.71. The Morgan fingerprint density at radius 3 is 2.46 bits per heavy atom. The second kappa shape index (κ2) is 7.06. The van der Waals surface area contributed by atoms with Gasteiger partial charge in [-0.2, -0.15) is 0 Å². The predicted molar refractivity (Wildman–Crippen MR) is 87.6 cm³/mol. The molecule has 4 atom stereocenters. The molecule has 0 aliphatic carbocycles. The van der Waals surface area contributed by atoms with E-state index in [2.05, 4.69) is 5.32 Å². The van der Waals surface area contributed by atoms with Crippen molar-refractivity contribution in [3.63, 3.8) is 0 Å². The largest absolute Gasteiger partial charge is 0.368 e. The molecule has 0 aromatic rings. The van der Waals surface area contributed by atoms with Gasteiger partial charge in [0.1, 0.15) is 18.2 Å². The minimum Gasteiger partial charge on any atom is -0.368 e. The minimum atomic E-state index is -0.818. The lowest BCUT2D eigenvalue weighted by molar-refractivity contribution is -0.146. The molecule has 0 spiro atoms. The monoisotopic (exact) mass is 340 g/mol. The summed E-state index contributed by atoms with van der Waals surface area (Å²) in [5.41, 5.74) is 10.8. The highest BCUT2D eigenvalue weighted by molar-refractivity contribution is 5.93. The van der Waals surface area contributed by atoms with E-state index in [9.17, 15) is 14.4 Å². The van der Waals surface area contributed by atoms with Crippen LogP contribution in [-0.4, -0.2) is 60.0 Å². The lowest BCUT2D eigenvalue weighted by atomic mass is 9.86. The van der Waals surface area contributed by atoms with Crippen LogP contribution in [0, 0.1) is 5.41 Å². The van der Waals surface area contributed by atoms with Gasteiger partial charge in [-0.3, -0.25) is 14.4 Å². The summed E-state index contributed by atoms with van der Waals surface area (Å²) in [5.74, 6) is -1.20. The maximum Gasteiger partial charge on any atom is 0.252 e. The first-order valence-electron chi connectivity index (χ1n) is 8.38. The van der Waals surface area contributed by atoms with Gasteiger partial charge in [0.15, 0.2) is 0 Å². The second-order valence-corrected chi connectivity index (χ2v) is 7.71. The smallest absolute Gasteiger partial charge is 0.252 e. The van der Waals surface area contributed by atoms with Crippen molar-refractivity contribution in [3.8, 4) is 0 Å². The number of nitrogens with two attached hydrogens (primary N) is 2. The van der Waals surface area contributed by atoms with Gasteiger partial charge in [0, 0.05) is 19.2 Å². The third-order valence-electron chi connectivity index (χ3n) is 4.56. The molecule has 0 saturated carbocycles. The van der Waals surface area contributed by atoms with Crippen LogP contribution in [0.1, 0.15) is 40.0 Å². The minimum absolute atomic E-state index is 0.202. The number of carbonyl (C=O) groups is 3. The van der Waals surface area contributed by atoms with Gasteiger partial charge in [-0.05, 0) is 24.7 Å². The highest BCUT2D eigenvalue weighted by Crippen LogP contribution is 2.24. The van der Waals surface area contributed by atoms with Gasteiger partial charge in [0.25, 0.3) is 5.91 Å². The van der Waals surface area contributed by atoms with Crippen LogP contribution >= 0.6 is 0 Å². The van der Waals surface area contributed by atoms with Gasteiger partial charge in [-0.15, -0.1) is 0 Å². The molecule has 2 aliphatic heterocycles. The third-order valence-corrected chi connectivity index (χ3v) is 4.56. The van der Waals surface area contributed by atoms with E-state index in [-0.39, 0.29) is 11.9 Å². The molecule has 2 aliphatic rings. The molecule has 0 aromatic heterocycles. The molecular formula is C16H28N4O4. The van der Waals surface area contributed by atoms with Crippen LogP contribution in [0.3, 0.4) is 0 Å². The predicted octanol–water partition coefficient (Wildman–Crippen LogP) is -0.890. The van der Waals surface area contributed by atoms with Gasteiger partial charge in [0.05, 0.1) is 0 Å². The number of hydrogen-bond donors (Lipinski definition) is 3. The molecule has 24 heavy (non-hydrogen) atoms. The van der Waals surface area contributed by atoms with Gasteiger partial charge >= 0.3 is 0 Å². The standard InChI is InChI=1S/C16H28N4O4/c1-16(2,3)12(13(18)21)19-14(22)10-7-9(17)8-20(10)15(23)11-5-4-6-24-11/h9-12H,4-8,17H2,1-3H3,(H2,18,21)(H,19,22)/t9?,10?,11-,12-/m1/s1. The zero-order chi connectivity index (χ0) is 18.1. The van der Waals surface area contributed by atoms with E-state index in [4.69, 9.17) is 16.2 Å². The van der Waals surface area contributed by atoms with E-state index in [0.29, 0.717) is 26.0 Å². The van der Waals surface area contributed by atoms with Crippen molar-refractivity contribution in [2.45, 2.75) is 64.3 Å². The fraction of sp³-hybridized carbons (Fsp3) is 0.812. The van der Waals surface area contributed by atoms with Crippen LogP contribution in [0.5, 0.6) is 0 Å². The van der Waals surface area contributed by atoms with Crippen LogP contribution in [0.2, 0.25) is 0 Å². The molecule has 8 nitrogen and oxygen atoms in total. The number of likely N-dealkylation sites (tertiary alicyclic amines) is 1. The van der Waals surface area contributed by atoms with Crippen molar-refractivity contribution in [3.05, 3.63) is 0 Å². The van der Waals surface area contributed by atoms with Crippen molar-refractivity contribution < 1.29 is 19.1 Å². The molecule has 2 fully saturated rings. The maximum absolute atomic E-state index is 12.7. The molecule has 0 radical (unpaired) electrons. The fourth-order valence-corrected chi connectivity index (χ4v) is 3.27. The topological polar surface area (TPSA) is 128 Å². The molecule has 2 unspecified atom stereocenters. The Labute approximate surface area is 142 Å². The lowest BCUT2D eigenvalue weighted by Crippen LogP contribution is -2.57. The number of carbonyl (C=O) groups excluding carboxylic acids is 3. The summed E-state index contributed by atoms with van der Waals surface area (Å²) >= 11 is 0. The van der Waals surface area contributed by atoms with E-state index < -0.39 is 35.4 Å². The number of amides is 3. The Balaban J connectivity index is 2.10. The molecule has 2 saturated heterocycles. The summed E-state index contributed by atoms with van der Waals surface area (Å²) in [5, 5.41) is 2.69. The molecule has 2 rings (SSSR count). The van der Waals surface area contributed by atoms with E-state index >= 15 is 0 Å². The normalized spacial score (nSPS) is 28.7.